The zero-order valence-electron chi connectivity index (χ0n) is 10.5. The lowest BCUT2D eigenvalue weighted by Crippen LogP contribution is -2.18. The van der Waals surface area contributed by atoms with Gasteiger partial charge in [-0.2, -0.15) is 0 Å². The molecular weight excluding hydrogens is 345 g/mol. The maximum absolute atomic E-state index is 6.00. The lowest BCUT2D eigenvalue weighted by atomic mass is 10.1. The average molecular weight is 359 g/mol. The van der Waals surface area contributed by atoms with Gasteiger partial charge < -0.3 is 5.32 Å². The Morgan fingerprint density at radius 1 is 1.11 bits per heavy atom. The van der Waals surface area contributed by atoms with Crippen molar-refractivity contribution in [2.24, 2.45) is 0 Å². The molecule has 1 nitrogen and oxygen atoms in total. The second kappa shape index (κ2) is 6.76. The molecule has 4 heteroatoms. The van der Waals surface area contributed by atoms with Gasteiger partial charge in [0.25, 0.3) is 0 Å². The molecule has 0 bridgehead atoms. The van der Waals surface area contributed by atoms with Crippen LogP contribution >= 0.6 is 39.1 Å². The van der Waals surface area contributed by atoms with E-state index in [-0.39, 0.29) is 6.04 Å². The Bertz CT molecular complexity index is 572. The molecule has 0 saturated heterocycles. The van der Waals surface area contributed by atoms with E-state index in [9.17, 15) is 0 Å². The third kappa shape index (κ3) is 3.96. The molecule has 2 aromatic rings. The predicted octanol–water partition coefficient (Wildman–Crippen LogP) is 5.61. The second-order valence-corrected chi connectivity index (χ2v) is 6.04. The van der Waals surface area contributed by atoms with Crippen LogP contribution in [0, 0.1) is 0 Å². The van der Waals surface area contributed by atoms with Gasteiger partial charge in [0, 0.05) is 17.1 Å². The van der Waals surface area contributed by atoms with E-state index in [0.717, 1.165) is 16.6 Å². The Morgan fingerprint density at radius 3 is 2.53 bits per heavy atom. The standard InChI is InChI=1S/C15H14BrCl2N/c1-10(12-4-2-3-5-13(12)16)19-9-11-6-7-14(17)15(18)8-11/h2-8,10,19H,9H2,1H3/t10-/m1/s1. The Balaban J connectivity index is 2.02. The van der Waals surface area contributed by atoms with Crippen molar-refractivity contribution in [3.63, 3.8) is 0 Å². The maximum Gasteiger partial charge on any atom is 0.0595 e. The molecule has 19 heavy (non-hydrogen) atoms. The molecule has 1 N–H and O–H groups in total. The fraction of sp³-hybridized carbons (Fsp3) is 0.200. The quantitative estimate of drug-likeness (QED) is 0.749. The van der Waals surface area contributed by atoms with E-state index in [1.165, 1.54) is 5.56 Å². The summed E-state index contributed by atoms with van der Waals surface area (Å²) in [6.45, 7) is 2.89. The number of hydrogen-bond acceptors (Lipinski definition) is 1. The van der Waals surface area contributed by atoms with Crippen LogP contribution in [-0.4, -0.2) is 0 Å². The Kier molecular flexibility index (Phi) is 5.28. The van der Waals surface area contributed by atoms with Crippen LogP contribution in [0.1, 0.15) is 24.1 Å². The molecule has 0 saturated carbocycles. The van der Waals surface area contributed by atoms with Crippen LogP contribution in [0.5, 0.6) is 0 Å². The molecule has 0 amide bonds. The van der Waals surface area contributed by atoms with Crippen LogP contribution < -0.4 is 5.32 Å². The van der Waals surface area contributed by atoms with E-state index < -0.39 is 0 Å². The van der Waals surface area contributed by atoms with Crippen molar-refractivity contribution in [1.82, 2.24) is 5.32 Å². The molecule has 0 fully saturated rings. The fourth-order valence-corrected chi connectivity index (χ4v) is 2.81. The molecule has 0 aliphatic carbocycles. The van der Waals surface area contributed by atoms with Crippen LogP contribution in [0.15, 0.2) is 46.9 Å². The van der Waals surface area contributed by atoms with Gasteiger partial charge in [-0.05, 0) is 36.2 Å². The molecule has 0 spiro atoms. The van der Waals surface area contributed by atoms with Gasteiger partial charge in [-0.3, -0.25) is 0 Å². The minimum atomic E-state index is 0.255. The minimum absolute atomic E-state index is 0.255. The SMILES string of the molecule is C[C@@H](NCc1ccc(Cl)c(Cl)c1)c1ccccc1Br. The second-order valence-electron chi connectivity index (χ2n) is 4.37. The predicted molar refractivity (Wildman–Crippen MR) is 85.9 cm³/mol. The molecule has 1 atom stereocenters. The summed E-state index contributed by atoms with van der Waals surface area (Å²) in [5.41, 5.74) is 2.36. The highest BCUT2D eigenvalue weighted by Gasteiger charge is 2.08. The number of nitrogens with one attached hydrogen (secondary N) is 1. The first-order valence-electron chi connectivity index (χ1n) is 5.99. The van der Waals surface area contributed by atoms with Crippen molar-refractivity contribution in [2.75, 3.05) is 0 Å². The maximum atomic E-state index is 6.00. The topological polar surface area (TPSA) is 12.0 Å². The highest BCUT2D eigenvalue weighted by molar-refractivity contribution is 9.10. The Morgan fingerprint density at radius 2 is 1.84 bits per heavy atom. The van der Waals surface area contributed by atoms with Gasteiger partial charge in [0.1, 0.15) is 0 Å². The van der Waals surface area contributed by atoms with Crippen molar-refractivity contribution in [3.05, 3.63) is 68.1 Å². The first-order chi connectivity index (χ1) is 9.08. The highest BCUT2D eigenvalue weighted by Crippen LogP contribution is 2.25. The van der Waals surface area contributed by atoms with Gasteiger partial charge in [0.2, 0.25) is 0 Å². The van der Waals surface area contributed by atoms with Crippen molar-refractivity contribution >= 4 is 39.1 Å². The molecule has 2 rings (SSSR count). The van der Waals surface area contributed by atoms with E-state index in [0.29, 0.717) is 10.0 Å². The van der Waals surface area contributed by atoms with Crippen molar-refractivity contribution in [3.8, 4) is 0 Å². The van der Waals surface area contributed by atoms with Crippen LogP contribution in [0.25, 0.3) is 0 Å². The van der Waals surface area contributed by atoms with E-state index in [1.54, 1.807) is 0 Å². The van der Waals surface area contributed by atoms with E-state index in [1.807, 2.05) is 36.4 Å². The summed E-state index contributed by atoms with van der Waals surface area (Å²) in [6.07, 6.45) is 0. The van der Waals surface area contributed by atoms with E-state index >= 15 is 0 Å². The molecule has 0 aliphatic heterocycles. The molecule has 0 aromatic heterocycles. The van der Waals surface area contributed by atoms with Gasteiger partial charge in [-0.15, -0.1) is 0 Å². The summed E-state index contributed by atoms with van der Waals surface area (Å²) in [7, 11) is 0. The Hall–Kier alpha value is -0.540. The smallest absolute Gasteiger partial charge is 0.0595 e. The van der Waals surface area contributed by atoms with Crippen LogP contribution in [0.3, 0.4) is 0 Å². The van der Waals surface area contributed by atoms with Gasteiger partial charge >= 0.3 is 0 Å². The van der Waals surface area contributed by atoms with E-state index in [2.05, 4.69) is 34.2 Å². The monoisotopic (exact) mass is 357 g/mol. The van der Waals surface area contributed by atoms with Gasteiger partial charge in [-0.1, -0.05) is 63.4 Å². The molecule has 0 radical (unpaired) electrons. The van der Waals surface area contributed by atoms with Crippen molar-refractivity contribution < 1.29 is 0 Å². The zero-order chi connectivity index (χ0) is 13.8. The highest BCUT2D eigenvalue weighted by atomic mass is 79.9. The third-order valence-electron chi connectivity index (χ3n) is 2.97. The summed E-state index contributed by atoms with van der Waals surface area (Å²) in [5.74, 6) is 0. The summed E-state index contributed by atoms with van der Waals surface area (Å²) in [4.78, 5) is 0. The van der Waals surface area contributed by atoms with E-state index in [4.69, 9.17) is 23.2 Å². The lowest BCUT2D eigenvalue weighted by Gasteiger charge is -2.16. The van der Waals surface area contributed by atoms with Crippen LogP contribution in [0.4, 0.5) is 0 Å². The molecular formula is C15H14BrCl2N. The molecule has 0 unspecified atom stereocenters. The van der Waals surface area contributed by atoms with Crippen molar-refractivity contribution in [2.45, 2.75) is 19.5 Å². The number of hydrogen-bond donors (Lipinski definition) is 1. The van der Waals surface area contributed by atoms with Crippen LogP contribution in [-0.2, 0) is 6.54 Å². The molecule has 0 heterocycles. The van der Waals surface area contributed by atoms with Crippen molar-refractivity contribution in [1.29, 1.82) is 0 Å². The summed E-state index contributed by atoms with van der Waals surface area (Å²) in [6, 6.07) is 14.2. The minimum Gasteiger partial charge on any atom is -0.306 e. The van der Waals surface area contributed by atoms with Gasteiger partial charge in [0.05, 0.1) is 10.0 Å². The Labute approximate surface area is 132 Å². The molecule has 2 aromatic carbocycles. The summed E-state index contributed by atoms with van der Waals surface area (Å²) in [5, 5.41) is 4.65. The average Bonchev–Trinajstić information content (AvgIpc) is 2.40. The lowest BCUT2D eigenvalue weighted by molar-refractivity contribution is 0.573. The number of benzene rings is 2. The molecule has 0 aliphatic rings. The number of rotatable bonds is 4. The number of halogens is 3. The summed E-state index contributed by atoms with van der Waals surface area (Å²) < 4.78 is 1.11. The zero-order valence-corrected chi connectivity index (χ0v) is 13.6. The molecule has 100 valence electrons. The van der Waals surface area contributed by atoms with Gasteiger partial charge in [-0.25, -0.2) is 0 Å². The normalized spacial score (nSPS) is 12.4. The first kappa shape index (κ1) is 14.9. The first-order valence-corrected chi connectivity index (χ1v) is 7.54. The third-order valence-corrected chi connectivity index (χ3v) is 4.43. The largest absolute Gasteiger partial charge is 0.306 e. The van der Waals surface area contributed by atoms with Crippen LogP contribution in [0.2, 0.25) is 10.0 Å². The summed E-state index contributed by atoms with van der Waals surface area (Å²) >= 11 is 15.5. The van der Waals surface area contributed by atoms with Gasteiger partial charge in [0.15, 0.2) is 0 Å². The fourth-order valence-electron chi connectivity index (χ4n) is 1.86.